The number of hydrogen-bond donors (Lipinski definition) is 1. The maximum absolute atomic E-state index is 10.9. The van der Waals surface area contributed by atoms with Gasteiger partial charge in [-0.15, -0.1) is 0 Å². The molecule has 0 spiro atoms. The van der Waals surface area contributed by atoms with Crippen molar-refractivity contribution < 1.29 is 14.6 Å². The van der Waals surface area contributed by atoms with Crippen molar-refractivity contribution >= 4 is 17.6 Å². The Kier molecular flexibility index (Phi) is 3.01. The van der Waals surface area contributed by atoms with E-state index in [0.29, 0.717) is 10.8 Å². The van der Waals surface area contributed by atoms with E-state index in [4.69, 9.17) is 21.4 Å². The molecule has 1 aromatic carbocycles. The van der Waals surface area contributed by atoms with Crippen LogP contribution in [0.5, 0.6) is 5.75 Å². The number of rotatable bonds is 2. The highest BCUT2D eigenvalue weighted by Crippen LogP contribution is 2.31. The Morgan fingerprint density at radius 3 is 2.43 bits per heavy atom. The van der Waals surface area contributed by atoms with Crippen molar-refractivity contribution in [3.63, 3.8) is 0 Å². The van der Waals surface area contributed by atoms with E-state index >= 15 is 0 Å². The minimum absolute atomic E-state index is 0.0978. The number of ether oxygens (including phenoxy) is 1. The van der Waals surface area contributed by atoms with Crippen molar-refractivity contribution in [3.8, 4) is 5.75 Å². The number of carboxylic acid groups (broad SMARTS) is 1. The third kappa shape index (κ3) is 1.68. The van der Waals surface area contributed by atoms with Gasteiger partial charge in [-0.3, -0.25) is 0 Å². The zero-order valence-electron chi connectivity index (χ0n) is 8.22. The molecular weight excluding hydrogens is 204 g/mol. The van der Waals surface area contributed by atoms with Crippen LogP contribution in [0.4, 0.5) is 0 Å². The van der Waals surface area contributed by atoms with Gasteiger partial charge in [0.15, 0.2) is 0 Å². The van der Waals surface area contributed by atoms with Crippen molar-refractivity contribution in [3.05, 3.63) is 27.8 Å². The lowest BCUT2D eigenvalue weighted by atomic mass is 10.0. The Balaban J connectivity index is 3.51. The molecule has 0 aliphatic heterocycles. The second-order valence-corrected chi connectivity index (χ2v) is 3.40. The van der Waals surface area contributed by atoms with E-state index < -0.39 is 5.97 Å². The van der Waals surface area contributed by atoms with Gasteiger partial charge in [-0.05, 0) is 31.0 Å². The van der Waals surface area contributed by atoms with Gasteiger partial charge in [-0.2, -0.15) is 0 Å². The Morgan fingerprint density at radius 1 is 1.43 bits per heavy atom. The van der Waals surface area contributed by atoms with Gasteiger partial charge in [0, 0.05) is 5.02 Å². The largest absolute Gasteiger partial charge is 0.496 e. The van der Waals surface area contributed by atoms with Crippen molar-refractivity contribution in [1.82, 2.24) is 0 Å². The Hall–Kier alpha value is -1.22. The normalized spacial score (nSPS) is 10.0. The van der Waals surface area contributed by atoms with Crippen LogP contribution in [0.15, 0.2) is 6.07 Å². The highest BCUT2D eigenvalue weighted by atomic mass is 35.5. The summed E-state index contributed by atoms with van der Waals surface area (Å²) >= 11 is 5.87. The van der Waals surface area contributed by atoms with Crippen LogP contribution in [0.1, 0.15) is 21.5 Å². The predicted molar refractivity (Wildman–Crippen MR) is 54.4 cm³/mol. The Labute approximate surface area is 87.3 Å². The number of carbonyl (C=O) groups is 1. The maximum atomic E-state index is 10.9. The Morgan fingerprint density at radius 2 is 2.00 bits per heavy atom. The number of hydrogen-bond acceptors (Lipinski definition) is 2. The van der Waals surface area contributed by atoms with Gasteiger partial charge in [0.05, 0.1) is 7.11 Å². The van der Waals surface area contributed by atoms with Gasteiger partial charge in [0.2, 0.25) is 0 Å². The van der Waals surface area contributed by atoms with Crippen LogP contribution in [0.25, 0.3) is 0 Å². The van der Waals surface area contributed by atoms with Crippen LogP contribution in [0, 0.1) is 13.8 Å². The molecule has 0 aliphatic rings. The minimum Gasteiger partial charge on any atom is -0.496 e. The molecule has 0 saturated carbocycles. The number of halogens is 1. The predicted octanol–water partition coefficient (Wildman–Crippen LogP) is 2.66. The van der Waals surface area contributed by atoms with Crippen LogP contribution in [-0.4, -0.2) is 18.2 Å². The summed E-state index contributed by atoms with van der Waals surface area (Å²) in [6, 6.07) is 1.41. The summed E-state index contributed by atoms with van der Waals surface area (Å²) in [5.74, 6) is -0.661. The zero-order valence-corrected chi connectivity index (χ0v) is 8.97. The van der Waals surface area contributed by atoms with E-state index in [1.54, 1.807) is 6.92 Å². The molecule has 0 fully saturated rings. The van der Waals surface area contributed by atoms with Crippen LogP contribution in [0.3, 0.4) is 0 Å². The molecule has 4 heteroatoms. The topological polar surface area (TPSA) is 46.5 Å². The van der Waals surface area contributed by atoms with Crippen LogP contribution >= 0.6 is 11.6 Å². The quantitative estimate of drug-likeness (QED) is 0.823. The van der Waals surface area contributed by atoms with E-state index in [1.807, 2.05) is 6.92 Å². The summed E-state index contributed by atoms with van der Waals surface area (Å²) < 4.78 is 5.03. The summed E-state index contributed by atoms with van der Waals surface area (Å²) in [6.07, 6.45) is 0. The fourth-order valence-corrected chi connectivity index (χ4v) is 1.52. The van der Waals surface area contributed by atoms with Gasteiger partial charge in [-0.25, -0.2) is 4.79 Å². The lowest BCUT2D eigenvalue weighted by Gasteiger charge is -2.12. The first-order valence-corrected chi connectivity index (χ1v) is 4.43. The lowest BCUT2D eigenvalue weighted by molar-refractivity contribution is 0.0693. The summed E-state index contributed by atoms with van der Waals surface area (Å²) in [4.78, 5) is 10.9. The molecule has 3 nitrogen and oxygen atoms in total. The van der Waals surface area contributed by atoms with Crippen LogP contribution in [-0.2, 0) is 0 Å². The molecule has 0 aliphatic carbocycles. The standard InChI is InChI=1S/C10H11ClO3/c1-5-6(2)9(14-3)7(10(12)13)4-8(5)11/h4H,1-3H3,(H,12,13). The van der Waals surface area contributed by atoms with Crippen molar-refractivity contribution in [2.75, 3.05) is 7.11 Å². The fraction of sp³-hybridized carbons (Fsp3) is 0.300. The molecule has 0 amide bonds. The zero-order chi connectivity index (χ0) is 10.9. The third-order valence-electron chi connectivity index (χ3n) is 2.21. The van der Waals surface area contributed by atoms with Gasteiger partial charge in [0.25, 0.3) is 0 Å². The average Bonchev–Trinajstić information content (AvgIpc) is 2.13. The molecule has 0 aromatic heterocycles. The second kappa shape index (κ2) is 3.88. The molecule has 0 atom stereocenters. The molecule has 0 radical (unpaired) electrons. The molecule has 0 unspecified atom stereocenters. The van der Waals surface area contributed by atoms with Gasteiger partial charge >= 0.3 is 5.97 Å². The van der Waals surface area contributed by atoms with E-state index in [1.165, 1.54) is 13.2 Å². The van der Waals surface area contributed by atoms with Crippen molar-refractivity contribution in [1.29, 1.82) is 0 Å². The summed E-state index contributed by atoms with van der Waals surface area (Å²) in [7, 11) is 1.45. The number of aromatic carboxylic acids is 1. The highest BCUT2D eigenvalue weighted by molar-refractivity contribution is 6.31. The Bertz CT molecular complexity index is 385. The van der Waals surface area contributed by atoms with E-state index in [2.05, 4.69) is 0 Å². The molecule has 76 valence electrons. The molecule has 1 rings (SSSR count). The first kappa shape index (κ1) is 10.9. The summed E-state index contributed by atoms with van der Waals surface area (Å²) in [5, 5.41) is 9.34. The highest BCUT2D eigenvalue weighted by Gasteiger charge is 2.16. The van der Waals surface area contributed by atoms with Crippen molar-refractivity contribution in [2.24, 2.45) is 0 Å². The smallest absolute Gasteiger partial charge is 0.339 e. The fourth-order valence-electron chi connectivity index (χ4n) is 1.27. The van der Waals surface area contributed by atoms with Crippen molar-refractivity contribution in [2.45, 2.75) is 13.8 Å². The van der Waals surface area contributed by atoms with Gasteiger partial charge in [-0.1, -0.05) is 11.6 Å². The van der Waals surface area contributed by atoms with E-state index in [0.717, 1.165) is 11.1 Å². The molecular formula is C10H11ClO3. The first-order chi connectivity index (χ1) is 6.49. The molecule has 0 bridgehead atoms. The SMILES string of the molecule is COc1c(C(=O)O)cc(Cl)c(C)c1C. The van der Waals surface area contributed by atoms with Gasteiger partial charge < -0.3 is 9.84 Å². The maximum Gasteiger partial charge on any atom is 0.339 e. The van der Waals surface area contributed by atoms with Gasteiger partial charge in [0.1, 0.15) is 11.3 Å². The molecule has 0 saturated heterocycles. The first-order valence-electron chi connectivity index (χ1n) is 4.06. The lowest BCUT2D eigenvalue weighted by Crippen LogP contribution is -2.03. The summed E-state index contributed by atoms with van der Waals surface area (Å²) in [6.45, 7) is 3.61. The second-order valence-electron chi connectivity index (χ2n) is 2.99. The number of carboxylic acids is 1. The molecule has 14 heavy (non-hydrogen) atoms. The average molecular weight is 215 g/mol. The van der Waals surface area contributed by atoms with Crippen LogP contribution < -0.4 is 4.74 Å². The van der Waals surface area contributed by atoms with E-state index in [-0.39, 0.29) is 5.56 Å². The molecule has 1 aromatic rings. The number of methoxy groups -OCH3 is 1. The van der Waals surface area contributed by atoms with Crippen LogP contribution in [0.2, 0.25) is 5.02 Å². The summed E-state index contributed by atoms with van der Waals surface area (Å²) in [5.41, 5.74) is 1.70. The minimum atomic E-state index is -1.04. The number of benzene rings is 1. The third-order valence-corrected chi connectivity index (χ3v) is 2.60. The molecule has 0 heterocycles. The monoisotopic (exact) mass is 214 g/mol. The molecule has 1 N–H and O–H groups in total. The van der Waals surface area contributed by atoms with E-state index in [9.17, 15) is 4.79 Å².